The molecule has 0 saturated heterocycles. The van der Waals surface area contributed by atoms with E-state index in [-0.39, 0.29) is 0 Å². The minimum atomic E-state index is 0.584. The molecule has 7 aromatic rings. The minimum absolute atomic E-state index is 0.584. The highest BCUT2D eigenvalue weighted by Crippen LogP contribution is 2.41. The molecule has 0 atom stereocenters. The standard InChI is InChI=1S/C30H20N6/c1-2-8-19(9-3-1)35-24-12-6-4-10-20(24)21-14-15-26-27(28(21)35)22-11-5-7-13-25(22)36(26)30-33-18-23-29(34-30)32-17-16-31-23/h2,4-18H,1,3H2. The van der Waals surface area contributed by atoms with Crippen LogP contribution in [0.3, 0.4) is 0 Å². The highest BCUT2D eigenvalue weighted by atomic mass is 15.2. The summed E-state index contributed by atoms with van der Waals surface area (Å²) in [6.45, 7) is 0. The molecule has 0 saturated carbocycles. The second-order valence-corrected chi connectivity index (χ2v) is 9.10. The lowest BCUT2D eigenvalue weighted by atomic mass is 10.1. The van der Waals surface area contributed by atoms with Gasteiger partial charge in [0, 0.05) is 39.6 Å². The minimum Gasteiger partial charge on any atom is -0.309 e. The fourth-order valence-corrected chi connectivity index (χ4v) is 5.63. The lowest BCUT2D eigenvalue weighted by Gasteiger charge is -2.13. The Labute approximate surface area is 205 Å². The number of aromatic nitrogens is 6. The molecule has 1 aliphatic rings. The highest BCUT2D eigenvalue weighted by Gasteiger charge is 2.22. The zero-order chi connectivity index (χ0) is 23.6. The Morgan fingerprint density at radius 1 is 0.667 bits per heavy atom. The second kappa shape index (κ2) is 7.33. The van der Waals surface area contributed by atoms with Crippen molar-refractivity contribution in [1.29, 1.82) is 0 Å². The first-order valence-electron chi connectivity index (χ1n) is 12.1. The van der Waals surface area contributed by atoms with Crippen LogP contribution in [0.1, 0.15) is 12.8 Å². The molecule has 0 radical (unpaired) electrons. The van der Waals surface area contributed by atoms with Gasteiger partial charge in [0.05, 0.1) is 28.3 Å². The molecule has 4 aromatic heterocycles. The average molecular weight is 465 g/mol. The summed E-state index contributed by atoms with van der Waals surface area (Å²) in [5.74, 6) is 0.591. The number of nitrogens with zero attached hydrogens (tertiary/aromatic N) is 6. The smallest absolute Gasteiger partial charge is 0.236 e. The molecule has 6 nitrogen and oxygen atoms in total. The molecule has 4 heterocycles. The van der Waals surface area contributed by atoms with Crippen molar-refractivity contribution in [1.82, 2.24) is 29.1 Å². The van der Waals surface area contributed by atoms with E-state index in [1.807, 2.05) is 0 Å². The van der Waals surface area contributed by atoms with E-state index in [2.05, 4.69) is 98.0 Å². The van der Waals surface area contributed by atoms with Crippen LogP contribution >= 0.6 is 0 Å². The number of rotatable bonds is 2. The van der Waals surface area contributed by atoms with Gasteiger partial charge in [-0.15, -0.1) is 0 Å². The van der Waals surface area contributed by atoms with Gasteiger partial charge in [-0.05, 0) is 37.1 Å². The van der Waals surface area contributed by atoms with E-state index < -0.39 is 0 Å². The molecule has 0 bridgehead atoms. The third kappa shape index (κ3) is 2.61. The zero-order valence-corrected chi connectivity index (χ0v) is 19.3. The topological polar surface area (TPSA) is 61.4 Å². The van der Waals surface area contributed by atoms with Crippen LogP contribution in [-0.4, -0.2) is 29.1 Å². The van der Waals surface area contributed by atoms with Crippen LogP contribution in [0.2, 0.25) is 0 Å². The summed E-state index contributed by atoms with van der Waals surface area (Å²) < 4.78 is 4.57. The molecule has 8 rings (SSSR count). The van der Waals surface area contributed by atoms with Gasteiger partial charge < -0.3 is 4.57 Å². The van der Waals surface area contributed by atoms with E-state index in [4.69, 9.17) is 9.97 Å². The third-order valence-electron chi connectivity index (χ3n) is 7.12. The molecular weight excluding hydrogens is 444 g/mol. The number of hydrogen-bond donors (Lipinski definition) is 0. The van der Waals surface area contributed by atoms with E-state index in [9.17, 15) is 0 Å². The van der Waals surface area contributed by atoms with Gasteiger partial charge in [0.2, 0.25) is 5.95 Å². The van der Waals surface area contributed by atoms with Crippen molar-refractivity contribution in [3.05, 3.63) is 97.5 Å². The number of hydrogen-bond acceptors (Lipinski definition) is 4. The lowest BCUT2D eigenvalue weighted by Crippen LogP contribution is -2.02. The van der Waals surface area contributed by atoms with Gasteiger partial charge in [-0.2, -0.15) is 4.98 Å². The highest BCUT2D eigenvalue weighted by molar-refractivity contribution is 6.26. The molecule has 0 N–H and O–H groups in total. The largest absolute Gasteiger partial charge is 0.309 e. The number of benzene rings is 3. The summed E-state index contributed by atoms with van der Waals surface area (Å²) in [6.07, 6.45) is 14.1. The maximum atomic E-state index is 4.80. The van der Waals surface area contributed by atoms with Crippen LogP contribution in [-0.2, 0) is 0 Å². The monoisotopic (exact) mass is 464 g/mol. The lowest BCUT2D eigenvalue weighted by molar-refractivity contribution is 0.995. The quantitative estimate of drug-likeness (QED) is 0.282. The molecule has 1 aliphatic carbocycles. The van der Waals surface area contributed by atoms with Crippen molar-refractivity contribution in [3.8, 4) is 5.95 Å². The Bertz CT molecular complexity index is 2060. The predicted molar refractivity (Wildman–Crippen MR) is 145 cm³/mol. The van der Waals surface area contributed by atoms with Gasteiger partial charge in [-0.1, -0.05) is 54.6 Å². The second-order valence-electron chi connectivity index (χ2n) is 9.10. The molecule has 0 fully saturated rings. The van der Waals surface area contributed by atoms with Crippen LogP contribution in [0, 0.1) is 0 Å². The van der Waals surface area contributed by atoms with Gasteiger partial charge in [0.15, 0.2) is 5.65 Å². The van der Waals surface area contributed by atoms with Crippen LogP contribution in [0.25, 0.3) is 66.4 Å². The number of para-hydroxylation sites is 2. The fourth-order valence-electron chi connectivity index (χ4n) is 5.63. The van der Waals surface area contributed by atoms with Gasteiger partial charge in [-0.3, -0.25) is 4.57 Å². The Balaban J connectivity index is 1.57. The van der Waals surface area contributed by atoms with Gasteiger partial charge >= 0.3 is 0 Å². The van der Waals surface area contributed by atoms with Crippen LogP contribution in [0.5, 0.6) is 0 Å². The van der Waals surface area contributed by atoms with Crippen molar-refractivity contribution in [2.75, 3.05) is 0 Å². The first-order valence-corrected chi connectivity index (χ1v) is 12.1. The first-order chi connectivity index (χ1) is 17.9. The number of allylic oxidation sites excluding steroid dienone is 4. The average Bonchev–Trinajstić information content (AvgIpc) is 3.46. The Kier molecular flexibility index (Phi) is 3.96. The van der Waals surface area contributed by atoms with Gasteiger partial charge in [0.25, 0.3) is 0 Å². The van der Waals surface area contributed by atoms with E-state index in [0.717, 1.165) is 23.9 Å². The van der Waals surface area contributed by atoms with Crippen LogP contribution < -0.4 is 0 Å². The summed E-state index contributed by atoms with van der Waals surface area (Å²) in [4.78, 5) is 18.3. The molecule has 0 unspecified atom stereocenters. The summed E-state index contributed by atoms with van der Waals surface area (Å²) in [7, 11) is 0. The molecule has 0 spiro atoms. The molecule has 170 valence electrons. The van der Waals surface area contributed by atoms with E-state index in [1.165, 1.54) is 38.3 Å². The van der Waals surface area contributed by atoms with Crippen LogP contribution in [0.4, 0.5) is 0 Å². The van der Waals surface area contributed by atoms with Crippen molar-refractivity contribution >= 4 is 60.5 Å². The third-order valence-corrected chi connectivity index (χ3v) is 7.12. The maximum Gasteiger partial charge on any atom is 0.236 e. The Morgan fingerprint density at radius 3 is 2.33 bits per heavy atom. The zero-order valence-electron chi connectivity index (χ0n) is 19.3. The van der Waals surface area contributed by atoms with Gasteiger partial charge in [-0.25, -0.2) is 15.0 Å². The summed E-state index contributed by atoms with van der Waals surface area (Å²) in [6, 6.07) is 21.6. The van der Waals surface area contributed by atoms with Crippen molar-refractivity contribution < 1.29 is 0 Å². The summed E-state index contributed by atoms with van der Waals surface area (Å²) in [5, 5.41) is 4.86. The molecule has 6 heteroatoms. The van der Waals surface area contributed by atoms with E-state index >= 15 is 0 Å². The Morgan fingerprint density at radius 2 is 1.47 bits per heavy atom. The normalized spacial score (nSPS) is 13.9. The molecule has 3 aromatic carbocycles. The Hall–Kier alpha value is -4.84. The van der Waals surface area contributed by atoms with E-state index in [1.54, 1.807) is 18.6 Å². The molecule has 0 aliphatic heterocycles. The van der Waals surface area contributed by atoms with E-state index in [0.29, 0.717) is 17.1 Å². The molecular formula is C30H20N6. The first kappa shape index (κ1) is 19.5. The molecule has 36 heavy (non-hydrogen) atoms. The summed E-state index contributed by atoms with van der Waals surface area (Å²) in [5.41, 5.74) is 7.04. The fraction of sp³-hybridized carbons (Fsp3) is 0.0667. The number of fused-ring (bicyclic) bond motifs is 8. The van der Waals surface area contributed by atoms with Crippen molar-refractivity contribution in [2.45, 2.75) is 12.8 Å². The van der Waals surface area contributed by atoms with Crippen LogP contribution in [0.15, 0.2) is 97.5 Å². The van der Waals surface area contributed by atoms with Crippen molar-refractivity contribution in [2.24, 2.45) is 0 Å². The predicted octanol–water partition coefficient (Wildman–Crippen LogP) is 6.82. The van der Waals surface area contributed by atoms with Crippen molar-refractivity contribution in [3.63, 3.8) is 0 Å². The molecule has 0 amide bonds. The van der Waals surface area contributed by atoms with Gasteiger partial charge in [0.1, 0.15) is 5.52 Å². The SMILES string of the molecule is C1=CC(n2c3ccccc3c3ccc4c(c5ccccc5n4-c4ncc5nccnc5n4)c32)=CCC1. The maximum absolute atomic E-state index is 4.80. The summed E-state index contributed by atoms with van der Waals surface area (Å²) >= 11 is 0.